The van der Waals surface area contributed by atoms with E-state index >= 15 is 0 Å². The van der Waals surface area contributed by atoms with Gasteiger partial charge < -0.3 is 15.8 Å². The van der Waals surface area contributed by atoms with Gasteiger partial charge in [-0.1, -0.05) is 20.8 Å². The standard InChI is InChI=1S/C16H32N2O3/c1-11(19)13(8-14(20)21-16(5,6)7)18-10-12(17)9-15(2,3)4/h12-13,18H,8-10,17H2,1-7H3/t12-,13-/m0/s1. The molecule has 2 atom stereocenters. The molecule has 0 unspecified atom stereocenters. The first-order valence-corrected chi connectivity index (χ1v) is 7.51. The molecule has 0 amide bonds. The van der Waals surface area contributed by atoms with Gasteiger partial charge in [0, 0.05) is 12.6 Å². The molecular formula is C16H32N2O3. The first kappa shape index (κ1) is 20.1. The molecule has 0 fully saturated rings. The summed E-state index contributed by atoms with van der Waals surface area (Å²) >= 11 is 0. The Morgan fingerprint density at radius 2 is 1.67 bits per heavy atom. The van der Waals surface area contributed by atoms with Gasteiger partial charge in [-0.25, -0.2) is 0 Å². The van der Waals surface area contributed by atoms with Gasteiger partial charge in [0.25, 0.3) is 0 Å². The minimum absolute atomic E-state index is 0.0365. The fraction of sp³-hybridized carbons (Fsp3) is 0.875. The molecule has 0 radical (unpaired) electrons. The quantitative estimate of drug-likeness (QED) is 0.703. The van der Waals surface area contributed by atoms with E-state index in [2.05, 4.69) is 26.1 Å². The number of ketones is 1. The van der Waals surface area contributed by atoms with E-state index in [-0.39, 0.29) is 29.6 Å². The Morgan fingerprint density at radius 1 is 1.14 bits per heavy atom. The molecule has 0 rings (SSSR count). The predicted molar refractivity (Wildman–Crippen MR) is 85.0 cm³/mol. The summed E-state index contributed by atoms with van der Waals surface area (Å²) in [5.41, 5.74) is 5.65. The highest BCUT2D eigenvalue weighted by molar-refractivity contribution is 5.86. The zero-order valence-corrected chi connectivity index (χ0v) is 14.6. The van der Waals surface area contributed by atoms with Crippen LogP contribution in [0.4, 0.5) is 0 Å². The number of nitrogens with two attached hydrogens (primary N) is 1. The van der Waals surface area contributed by atoms with Crippen LogP contribution >= 0.6 is 0 Å². The zero-order valence-electron chi connectivity index (χ0n) is 14.6. The molecule has 0 aliphatic carbocycles. The predicted octanol–water partition coefficient (Wildman–Crippen LogP) is 2.03. The Labute approximate surface area is 129 Å². The number of rotatable bonds is 7. The van der Waals surface area contributed by atoms with Gasteiger partial charge in [0.1, 0.15) is 11.4 Å². The first-order chi connectivity index (χ1) is 9.30. The summed E-state index contributed by atoms with van der Waals surface area (Å²) in [5.74, 6) is -0.455. The van der Waals surface area contributed by atoms with Crippen molar-refractivity contribution in [3.63, 3.8) is 0 Å². The number of esters is 1. The van der Waals surface area contributed by atoms with Crippen LogP contribution in [-0.4, -0.2) is 36.0 Å². The molecule has 0 aliphatic rings. The number of Topliss-reactive ketones (excluding diaryl/α,β-unsaturated/α-hetero) is 1. The summed E-state index contributed by atoms with van der Waals surface area (Å²) in [5, 5.41) is 3.08. The molecule has 124 valence electrons. The molecule has 5 heteroatoms. The minimum Gasteiger partial charge on any atom is -0.460 e. The number of hydrogen-bond donors (Lipinski definition) is 2. The lowest BCUT2D eigenvalue weighted by Gasteiger charge is -2.25. The summed E-state index contributed by atoms with van der Waals surface area (Å²) in [6, 6.07) is -0.587. The van der Waals surface area contributed by atoms with Gasteiger partial charge in [0.05, 0.1) is 12.5 Å². The van der Waals surface area contributed by atoms with Crippen LogP contribution < -0.4 is 11.1 Å². The molecule has 3 N–H and O–H groups in total. The largest absolute Gasteiger partial charge is 0.460 e. The SMILES string of the molecule is CC(=O)[C@H](CC(=O)OC(C)(C)C)NC[C@@H](N)CC(C)(C)C. The van der Waals surface area contributed by atoms with Crippen LogP contribution in [0.5, 0.6) is 0 Å². The van der Waals surface area contributed by atoms with Crippen molar-refractivity contribution in [3.8, 4) is 0 Å². The van der Waals surface area contributed by atoms with Crippen molar-refractivity contribution in [2.75, 3.05) is 6.54 Å². The Morgan fingerprint density at radius 3 is 2.05 bits per heavy atom. The Kier molecular flexibility index (Phi) is 7.54. The average molecular weight is 300 g/mol. The van der Waals surface area contributed by atoms with Crippen molar-refractivity contribution in [3.05, 3.63) is 0 Å². The molecule has 0 aromatic heterocycles. The second kappa shape index (κ2) is 7.90. The van der Waals surface area contributed by atoms with Crippen LogP contribution in [0.25, 0.3) is 0 Å². The monoisotopic (exact) mass is 300 g/mol. The Bertz CT molecular complexity index is 354. The van der Waals surface area contributed by atoms with Gasteiger partial charge >= 0.3 is 5.97 Å². The highest BCUT2D eigenvalue weighted by Gasteiger charge is 2.24. The molecule has 5 nitrogen and oxygen atoms in total. The van der Waals surface area contributed by atoms with E-state index in [1.807, 2.05) is 0 Å². The van der Waals surface area contributed by atoms with E-state index < -0.39 is 11.6 Å². The molecule has 21 heavy (non-hydrogen) atoms. The van der Waals surface area contributed by atoms with Crippen molar-refractivity contribution in [1.82, 2.24) is 5.32 Å². The van der Waals surface area contributed by atoms with E-state index in [4.69, 9.17) is 10.5 Å². The first-order valence-electron chi connectivity index (χ1n) is 7.51. The zero-order chi connectivity index (χ0) is 16.8. The maximum absolute atomic E-state index is 11.8. The maximum atomic E-state index is 11.8. The lowest BCUT2D eigenvalue weighted by Crippen LogP contribution is -2.45. The molecule has 0 aromatic rings. The van der Waals surface area contributed by atoms with E-state index in [0.717, 1.165) is 6.42 Å². The molecule has 0 aromatic carbocycles. The van der Waals surface area contributed by atoms with Crippen molar-refractivity contribution in [1.29, 1.82) is 0 Å². The normalized spacial score (nSPS) is 15.4. The maximum Gasteiger partial charge on any atom is 0.308 e. The van der Waals surface area contributed by atoms with Crippen LogP contribution in [0, 0.1) is 5.41 Å². The van der Waals surface area contributed by atoms with Crippen molar-refractivity contribution >= 4 is 11.8 Å². The molecule has 0 bridgehead atoms. The lowest BCUT2D eigenvalue weighted by atomic mass is 9.88. The van der Waals surface area contributed by atoms with E-state index in [0.29, 0.717) is 6.54 Å². The highest BCUT2D eigenvalue weighted by atomic mass is 16.6. The second-order valence-electron chi connectivity index (χ2n) is 7.89. The van der Waals surface area contributed by atoms with Gasteiger partial charge in [-0.15, -0.1) is 0 Å². The van der Waals surface area contributed by atoms with Crippen LogP contribution in [-0.2, 0) is 14.3 Å². The Hall–Kier alpha value is -0.940. The van der Waals surface area contributed by atoms with Crippen molar-refractivity contribution in [2.24, 2.45) is 11.1 Å². The van der Waals surface area contributed by atoms with E-state index in [9.17, 15) is 9.59 Å². The number of hydrogen-bond acceptors (Lipinski definition) is 5. The number of carbonyl (C=O) groups is 2. The molecule has 0 saturated heterocycles. The van der Waals surface area contributed by atoms with Crippen molar-refractivity contribution < 1.29 is 14.3 Å². The summed E-state index contributed by atoms with van der Waals surface area (Å²) in [4.78, 5) is 23.4. The number of ether oxygens (including phenoxy) is 1. The third-order valence-corrected chi connectivity index (χ3v) is 2.78. The van der Waals surface area contributed by atoms with Gasteiger partial charge in [-0.05, 0) is 39.5 Å². The smallest absolute Gasteiger partial charge is 0.308 e. The summed E-state index contributed by atoms with van der Waals surface area (Å²) in [6.45, 7) is 13.8. The van der Waals surface area contributed by atoms with Crippen LogP contribution in [0.2, 0.25) is 0 Å². The van der Waals surface area contributed by atoms with Crippen LogP contribution in [0.1, 0.15) is 61.3 Å². The Balaban J connectivity index is 4.39. The second-order valence-corrected chi connectivity index (χ2v) is 7.89. The number of nitrogens with one attached hydrogen (secondary N) is 1. The van der Waals surface area contributed by atoms with Gasteiger partial charge in [-0.3, -0.25) is 9.59 Å². The summed E-state index contributed by atoms with van der Waals surface area (Å²) in [6.07, 6.45) is 0.881. The van der Waals surface area contributed by atoms with Crippen LogP contribution in [0.3, 0.4) is 0 Å². The topological polar surface area (TPSA) is 81.4 Å². The van der Waals surface area contributed by atoms with E-state index in [1.54, 1.807) is 20.8 Å². The summed E-state index contributed by atoms with van der Waals surface area (Å²) in [7, 11) is 0. The average Bonchev–Trinajstić information content (AvgIpc) is 2.18. The highest BCUT2D eigenvalue weighted by Crippen LogP contribution is 2.19. The van der Waals surface area contributed by atoms with Gasteiger partial charge in [0.15, 0.2) is 0 Å². The molecule has 0 heterocycles. The van der Waals surface area contributed by atoms with Gasteiger partial charge in [0.2, 0.25) is 0 Å². The molecule has 0 aliphatic heterocycles. The van der Waals surface area contributed by atoms with Gasteiger partial charge in [-0.2, -0.15) is 0 Å². The molecule has 0 spiro atoms. The molecule has 0 saturated carbocycles. The number of carbonyl (C=O) groups excluding carboxylic acids is 2. The molecular weight excluding hydrogens is 268 g/mol. The fourth-order valence-corrected chi connectivity index (χ4v) is 2.06. The van der Waals surface area contributed by atoms with Crippen molar-refractivity contribution in [2.45, 2.75) is 79.0 Å². The minimum atomic E-state index is -0.541. The third-order valence-electron chi connectivity index (χ3n) is 2.78. The summed E-state index contributed by atoms with van der Waals surface area (Å²) < 4.78 is 5.24. The van der Waals surface area contributed by atoms with E-state index in [1.165, 1.54) is 6.92 Å². The lowest BCUT2D eigenvalue weighted by molar-refractivity contribution is -0.156. The van der Waals surface area contributed by atoms with Crippen LogP contribution in [0.15, 0.2) is 0 Å². The fourth-order valence-electron chi connectivity index (χ4n) is 2.06. The third kappa shape index (κ3) is 11.4.